The maximum atomic E-state index is 6.11. The standard InChI is InChI=1S/C21H20ClNO2S2/c1-14(12-13-24-2)20-23-19(15-4-8-17(26-3)9-5-15)21(25-20)27-18-10-6-16(22)7-11-18/h4-12H,13H2,1-3H3/b14-12+. The van der Waals surface area contributed by atoms with Gasteiger partial charge >= 0.3 is 0 Å². The second-order valence-corrected chi connectivity index (χ2v) is 8.14. The van der Waals surface area contributed by atoms with Gasteiger partial charge in [0.1, 0.15) is 5.69 Å². The van der Waals surface area contributed by atoms with Gasteiger partial charge in [-0.2, -0.15) is 0 Å². The Kier molecular flexibility index (Phi) is 7.07. The third kappa shape index (κ3) is 5.20. The molecule has 3 rings (SSSR count). The van der Waals surface area contributed by atoms with E-state index in [0.717, 1.165) is 26.8 Å². The van der Waals surface area contributed by atoms with Crippen LogP contribution in [0.5, 0.6) is 0 Å². The van der Waals surface area contributed by atoms with Gasteiger partial charge in [-0.15, -0.1) is 11.8 Å². The van der Waals surface area contributed by atoms with Crippen LogP contribution in [0.25, 0.3) is 16.8 Å². The Bertz CT molecular complexity index is 918. The van der Waals surface area contributed by atoms with E-state index in [1.165, 1.54) is 16.7 Å². The van der Waals surface area contributed by atoms with E-state index in [9.17, 15) is 0 Å². The summed E-state index contributed by atoms with van der Waals surface area (Å²) in [6.45, 7) is 2.49. The van der Waals surface area contributed by atoms with Crippen LogP contribution < -0.4 is 0 Å². The SMILES string of the molecule is COC/C=C(\C)c1nc(-c2ccc(SC)cc2)c(Sc2ccc(Cl)cc2)o1. The van der Waals surface area contributed by atoms with Crippen LogP contribution in [0, 0.1) is 0 Å². The maximum Gasteiger partial charge on any atom is 0.223 e. The van der Waals surface area contributed by atoms with Gasteiger partial charge in [-0.05, 0) is 61.3 Å². The average molecular weight is 418 g/mol. The molecule has 3 aromatic rings. The number of aromatic nitrogens is 1. The van der Waals surface area contributed by atoms with E-state index in [0.29, 0.717) is 17.5 Å². The zero-order chi connectivity index (χ0) is 19.2. The maximum absolute atomic E-state index is 6.11. The first-order valence-electron chi connectivity index (χ1n) is 8.35. The Balaban J connectivity index is 1.99. The average Bonchev–Trinajstić information content (AvgIpc) is 3.12. The molecule has 0 aliphatic heterocycles. The number of halogens is 1. The van der Waals surface area contributed by atoms with Crippen molar-refractivity contribution in [2.24, 2.45) is 0 Å². The molecule has 0 atom stereocenters. The molecular formula is C21H20ClNO2S2. The first-order chi connectivity index (χ1) is 13.1. The van der Waals surface area contributed by atoms with Gasteiger partial charge < -0.3 is 9.15 Å². The van der Waals surface area contributed by atoms with E-state index < -0.39 is 0 Å². The van der Waals surface area contributed by atoms with Gasteiger partial charge in [-0.25, -0.2) is 4.98 Å². The molecule has 140 valence electrons. The number of rotatable bonds is 7. The fourth-order valence-electron chi connectivity index (χ4n) is 2.38. The van der Waals surface area contributed by atoms with Crippen molar-refractivity contribution in [2.75, 3.05) is 20.0 Å². The zero-order valence-electron chi connectivity index (χ0n) is 15.4. The minimum absolute atomic E-state index is 0.519. The first kappa shape index (κ1) is 20.1. The predicted molar refractivity (Wildman–Crippen MR) is 115 cm³/mol. The van der Waals surface area contributed by atoms with E-state index in [2.05, 4.69) is 30.5 Å². The lowest BCUT2D eigenvalue weighted by Gasteiger charge is -2.03. The number of methoxy groups -OCH3 is 1. The van der Waals surface area contributed by atoms with Crippen LogP contribution in [0.1, 0.15) is 12.8 Å². The van der Waals surface area contributed by atoms with Crippen LogP contribution in [0.15, 0.2) is 73.9 Å². The molecule has 0 amide bonds. The third-order valence-corrected chi connectivity index (χ3v) is 5.84. The van der Waals surface area contributed by atoms with Crippen LogP contribution >= 0.6 is 35.1 Å². The summed E-state index contributed by atoms with van der Waals surface area (Å²) in [4.78, 5) is 7.02. The van der Waals surface area contributed by atoms with E-state index in [1.807, 2.05) is 37.3 Å². The predicted octanol–water partition coefficient (Wildman–Crippen LogP) is 6.92. The van der Waals surface area contributed by atoms with Gasteiger partial charge in [0.15, 0.2) is 5.09 Å². The van der Waals surface area contributed by atoms with Crippen molar-refractivity contribution in [1.29, 1.82) is 0 Å². The number of hydrogen-bond acceptors (Lipinski definition) is 5. The van der Waals surface area contributed by atoms with Crippen LogP contribution in [-0.4, -0.2) is 25.0 Å². The number of hydrogen-bond donors (Lipinski definition) is 0. The molecule has 0 unspecified atom stereocenters. The van der Waals surface area contributed by atoms with E-state index in [4.69, 9.17) is 25.7 Å². The molecule has 0 aliphatic rings. The van der Waals surface area contributed by atoms with Gasteiger partial charge in [0.05, 0.1) is 6.61 Å². The quantitative estimate of drug-likeness (QED) is 0.390. The van der Waals surface area contributed by atoms with Crippen molar-refractivity contribution >= 4 is 40.7 Å². The molecular weight excluding hydrogens is 398 g/mol. The van der Waals surface area contributed by atoms with Gasteiger partial charge in [-0.3, -0.25) is 0 Å². The Morgan fingerprint density at radius 2 is 1.78 bits per heavy atom. The van der Waals surface area contributed by atoms with E-state index >= 15 is 0 Å². The summed E-state index contributed by atoms with van der Waals surface area (Å²) in [5.74, 6) is 0.604. The Labute approximate surface area is 173 Å². The molecule has 2 aromatic carbocycles. The molecule has 27 heavy (non-hydrogen) atoms. The number of allylic oxidation sites excluding steroid dienone is 1. The molecule has 0 spiro atoms. The molecule has 0 aliphatic carbocycles. The lowest BCUT2D eigenvalue weighted by atomic mass is 10.2. The van der Waals surface area contributed by atoms with Crippen molar-refractivity contribution in [3.05, 3.63) is 65.5 Å². The molecule has 0 N–H and O–H groups in total. The van der Waals surface area contributed by atoms with Crippen molar-refractivity contribution < 1.29 is 9.15 Å². The Morgan fingerprint density at radius 3 is 2.41 bits per heavy atom. The molecule has 0 bridgehead atoms. The summed E-state index contributed by atoms with van der Waals surface area (Å²) in [5.41, 5.74) is 2.81. The first-order valence-corrected chi connectivity index (χ1v) is 10.8. The molecule has 0 saturated carbocycles. The second-order valence-electron chi connectivity index (χ2n) is 5.78. The largest absolute Gasteiger partial charge is 0.429 e. The summed E-state index contributed by atoms with van der Waals surface area (Å²) in [5, 5.41) is 1.47. The molecule has 1 aromatic heterocycles. The molecule has 0 fully saturated rings. The molecule has 6 heteroatoms. The third-order valence-electron chi connectivity index (χ3n) is 3.88. The van der Waals surface area contributed by atoms with Crippen molar-refractivity contribution in [3.8, 4) is 11.3 Å². The van der Waals surface area contributed by atoms with Crippen LogP contribution in [0.2, 0.25) is 5.02 Å². The van der Waals surface area contributed by atoms with Crippen LogP contribution in [0.4, 0.5) is 0 Å². The van der Waals surface area contributed by atoms with Gasteiger partial charge in [0.25, 0.3) is 0 Å². The van der Waals surface area contributed by atoms with Crippen molar-refractivity contribution in [2.45, 2.75) is 21.8 Å². The smallest absolute Gasteiger partial charge is 0.223 e. The zero-order valence-corrected chi connectivity index (χ0v) is 17.8. The lowest BCUT2D eigenvalue weighted by molar-refractivity contribution is 0.234. The molecule has 1 heterocycles. The van der Waals surface area contributed by atoms with Gasteiger partial charge in [-0.1, -0.05) is 29.8 Å². The molecule has 0 saturated heterocycles. The highest BCUT2D eigenvalue weighted by Gasteiger charge is 2.17. The van der Waals surface area contributed by atoms with Crippen LogP contribution in [0.3, 0.4) is 0 Å². The highest BCUT2D eigenvalue weighted by atomic mass is 35.5. The summed E-state index contributed by atoms with van der Waals surface area (Å²) in [7, 11) is 1.67. The van der Waals surface area contributed by atoms with Gasteiger partial charge in [0.2, 0.25) is 5.89 Å². The fraction of sp³-hybridized carbons (Fsp3) is 0.190. The number of thioether (sulfide) groups is 1. The topological polar surface area (TPSA) is 35.3 Å². The lowest BCUT2D eigenvalue weighted by Crippen LogP contribution is -1.86. The highest BCUT2D eigenvalue weighted by Crippen LogP contribution is 2.38. The van der Waals surface area contributed by atoms with E-state index in [-0.39, 0.29) is 0 Å². The van der Waals surface area contributed by atoms with Crippen molar-refractivity contribution in [1.82, 2.24) is 4.98 Å². The monoisotopic (exact) mass is 417 g/mol. The van der Waals surface area contributed by atoms with Crippen LogP contribution in [-0.2, 0) is 4.74 Å². The van der Waals surface area contributed by atoms with E-state index in [1.54, 1.807) is 18.9 Å². The molecule has 0 radical (unpaired) electrons. The Morgan fingerprint density at radius 1 is 1.11 bits per heavy atom. The summed E-state index contributed by atoms with van der Waals surface area (Å²) in [6.07, 6.45) is 4.03. The van der Waals surface area contributed by atoms with Gasteiger partial charge in [0, 0.05) is 33.1 Å². The number of nitrogens with zero attached hydrogens (tertiary/aromatic N) is 1. The molecule has 3 nitrogen and oxygen atoms in total. The Hall–Kier alpha value is -1.66. The summed E-state index contributed by atoms with van der Waals surface area (Å²) >= 11 is 9.25. The van der Waals surface area contributed by atoms with Crippen molar-refractivity contribution in [3.63, 3.8) is 0 Å². The fourth-order valence-corrected chi connectivity index (χ4v) is 3.78. The number of benzene rings is 2. The normalized spacial score (nSPS) is 11.8. The minimum atomic E-state index is 0.519. The second kappa shape index (κ2) is 9.51. The summed E-state index contributed by atoms with van der Waals surface area (Å²) < 4.78 is 11.2. The number of oxazole rings is 1. The highest BCUT2D eigenvalue weighted by molar-refractivity contribution is 7.99. The summed E-state index contributed by atoms with van der Waals surface area (Å²) in [6, 6.07) is 16.0. The number of ether oxygens (including phenoxy) is 1. The minimum Gasteiger partial charge on any atom is -0.429 e.